The van der Waals surface area contributed by atoms with E-state index in [1.165, 1.54) is 12.5 Å². The molecule has 0 fully saturated rings. The van der Waals surface area contributed by atoms with Gasteiger partial charge in [0, 0.05) is 5.70 Å². The van der Waals surface area contributed by atoms with Crippen molar-refractivity contribution in [3.63, 3.8) is 0 Å². The quantitative estimate of drug-likeness (QED) is 0.0525. The Labute approximate surface area is 294 Å². The lowest BCUT2D eigenvalue weighted by atomic mass is 9.95. The van der Waals surface area contributed by atoms with Crippen LogP contribution >= 0.6 is 31.9 Å². The molecule has 1 aliphatic rings. The lowest BCUT2D eigenvalue weighted by molar-refractivity contribution is -0.136. The molecule has 4 aromatic carbocycles. The van der Waals surface area contributed by atoms with Gasteiger partial charge in [-0.2, -0.15) is 5.10 Å². The molecule has 0 saturated carbocycles. The molecule has 1 aliphatic heterocycles. The lowest BCUT2D eigenvalue weighted by Gasteiger charge is -2.28. The molecule has 0 saturated heterocycles. The fourth-order valence-electron chi connectivity index (χ4n) is 5.10. The van der Waals surface area contributed by atoms with E-state index in [2.05, 4.69) is 83.4 Å². The Bertz CT molecular complexity index is 1860. The van der Waals surface area contributed by atoms with Gasteiger partial charge < -0.3 is 34.7 Å². The minimum atomic E-state index is -1.15. The zero-order chi connectivity index (χ0) is 34.2. The summed E-state index contributed by atoms with van der Waals surface area (Å²) in [6, 6.07) is 22.0. The lowest BCUT2D eigenvalue weighted by Crippen LogP contribution is -2.45. The van der Waals surface area contributed by atoms with E-state index in [0.717, 1.165) is 25.5 Å². The molecule has 2 atom stereocenters. The molecule has 5 rings (SSSR count). The van der Waals surface area contributed by atoms with Crippen molar-refractivity contribution in [1.82, 2.24) is 16.1 Å². The first-order valence-electron chi connectivity index (χ1n) is 15.0. The van der Waals surface area contributed by atoms with Crippen LogP contribution in [0.1, 0.15) is 36.6 Å². The first kappa shape index (κ1) is 34.7. The average molecular weight is 782 g/mol. The molecule has 4 aromatic rings. The molecule has 13 heteroatoms. The number of rotatable bonds is 13. The number of hydrogen-bond acceptors (Lipinski definition) is 9. The monoisotopic (exact) mass is 780 g/mol. The number of carbonyl (C=O) groups excluding carboxylic acids is 2. The summed E-state index contributed by atoms with van der Waals surface area (Å²) in [5, 5.41) is 22.3. The molecule has 11 nitrogen and oxygen atoms in total. The number of allylic oxidation sites excluding steroid dienone is 1. The largest absolute Gasteiger partial charge is 0.490 e. The van der Waals surface area contributed by atoms with E-state index in [0.29, 0.717) is 41.7 Å². The van der Waals surface area contributed by atoms with Crippen LogP contribution in [-0.4, -0.2) is 49.9 Å². The minimum absolute atomic E-state index is 0.151. The molecule has 48 heavy (non-hydrogen) atoms. The predicted molar refractivity (Wildman–Crippen MR) is 189 cm³/mol. The highest BCUT2D eigenvalue weighted by Crippen LogP contribution is 2.36. The fraction of sp³-hybridized carbons (Fsp3) is 0.229. The third kappa shape index (κ3) is 8.46. The normalized spacial score (nSPS) is 15.1. The number of hydrogen-bond donors (Lipinski definition) is 4. The Hall–Kier alpha value is -4.59. The van der Waals surface area contributed by atoms with Gasteiger partial charge in [-0.15, -0.1) is 0 Å². The van der Waals surface area contributed by atoms with E-state index in [4.69, 9.17) is 18.9 Å². The van der Waals surface area contributed by atoms with Crippen LogP contribution in [0.5, 0.6) is 17.2 Å². The molecule has 0 aromatic heterocycles. The van der Waals surface area contributed by atoms with E-state index < -0.39 is 24.3 Å². The van der Waals surface area contributed by atoms with Crippen molar-refractivity contribution in [2.24, 2.45) is 5.10 Å². The zero-order valence-corrected chi connectivity index (χ0v) is 29.6. The van der Waals surface area contributed by atoms with Crippen molar-refractivity contribution in [2.45, 2.75) is 32.7 Å². The van der Waals surface area contributed by atoms with E-state index in [1.54, 1.807) is 31.3 Å². The van der Waals surface area contributed by atoms with Gasteiger partial charge in [-0.3, -0.25) is 5.43 Å². The van der Waals surface area contributed by atoms with Crippen molar-refractivity contribution < 1.29 is 33.6 Å². The number of esters is 1. The van der Waals surface area contributed by atoms with Gasteiger partial charge in [0.25, 0.3) is 0 Å². The van der Waals surface area contributed by atoms with Crippen LogP contribution in [0.15, 0.2) is 98.1 Å². The van der Waals surface area contributed by atoms with Gasteiger partial charge in [-0.1, -0.05) is 42.5 Å². The number of amides is 2. The topological polar surface area (TPSA) is 140 Å². The van der Waals surface area contributed by atoms with Gasteiger partial charge in [-0.05, 0) is 104 Å². The van der Waals surface area contributed by atoms with Crippen LogP contribution in [0.2, 0.25) is 0 Å². The number of carbonyl (C=O) groups is 2. The van der Waals surface area contributed by atoms with E-state index in [1.807, 2.05) is 31.2 Å². The number of halogens is 2. The second kappa shape index (κ2) is 16.0. The number of ether oxygens (including phenoxy) is 4. The maximum absolute atomic E-state index is 12.5. The van der Waals surface area contributed by atoms with Gasteiger partial charge >= 0.3 is 12.0 Å². The van der Waals surface area contributed by atoms with Crippen molar-refractivity contribution in [3.8, 4) is 17.2 Å². The number of urea groups is 1. The summed E-state index contributed by atoms with van der Waals surface area (Å²) in [5.74, 6) is 0.822. The number of hydrazone groups is 1. The van der Waals surface area contributed by atoms with Crippen LogP contribution in [0, 0.1) is 0 Å². The first-order valence-corrected chi connectivity index (χ1v) is 16.6. The molecule has 0 aliphatic carbocycles. The highest BCUT2D eigenvalue weighted by Gasteiger charge is 2.32. The number of fused-ring (bicyclic) bond motifs is 1. The van der Waals surface area contributed by atoms with Crippen LogP contribution in [0.3, 0.4) is 0 Å². The molecular formula is C35H34Br2N4O7. The maximum Gasteiger partial charge on any atom is 0.337 e. The Kier molecular flexibility index (Phi) is 11.6. The van der Waals surface area contributed by atoms with Crippen molar-refractivity contribution in [2.75, 3.05) is 20.3 Å². The summed E-state index contributed by atoms with van der Waals surface area (Å²) in [4.78, 5) is 24.7. The van der Waals surface area contributed by atoms with E-state index in [9.17, 15) is 14.7 Å². The number of nitrogens with zero attached hydrogens (tertiary/aromatic N) is 1. The summed E-state index contributed by atoms with van der Waals surface area (Å²) in [7, 11) is 1.28. The Morgan fingerprint density at radius 3 is 2.48 bits per heavy atom. The molecular weight excluding hydrogens is 748 g/mol. The van der Waals surface area contributed by atoms with Crippen LogP contribution < -0.4 is 30.3 Å². The standard InChI is InChI=1S/C35H34Br2N4O7/c1-4-46-29-16-25(32-31(34(43)45-3)20(2)39-35(44)40-32)11-12-28(29)47-19-30(42)41-38-17-22-14-26(36)33(27(37)15-22)48-18-21-9-10-23-7-5-6-8-24(23)13-21/h5-17,30,32,41-42H,4,18-19H2,1-3H3,(H2,39,40,44)/b38-17-/t30-,32+/m1/s1. The summed E-state index contributed by atoms with van der Waals surface area (Å²) >= 11 is 7.17. The number of benzene rings is 4. The van der Waals surface area contributed by atoms with E-state index in [-0.39, 0.29) is 12.2 Å². The molecule has 250 valence electrons. The number of methoxy groups -OCH3 is 1. The first-order chi connectivity index (χ1) is 23.2. The van der Waals surface area contributed by atoms with Crippen LogP contribution in [0.4, 0.5) is 4.79 Å². The van der Waals surface area contributed by atoms with Crippen LogP contribution in [0.25, 0.3) is 10.8 Å². The number of nitrogens with one attached hydrogen (secondary N) is 3. The van der Waals surface area contributed by atoms with Crippen molar-refractivity contribution >= 4 is 60.8 Å². The Morgan fingerprint density at radius 1 is 1.00 bits per heavy atom. The predicted octanol–water partition coefficient (Wildman–Crippen LogP) is 6.46. The summed E-state index contributed by atoms with van der Waals surface area (Å²) in [6.07, 6.45) is 0.417. The molecule has 0 bridgehead atoms. The zero-order valence-electron chi connectivity index (χ0n) is 26.4. The van der Waals surface area contributed by atoms with Gasteiger partial charge in [0.05, 0.1) is 40.5 Å². The third-order valence-corrected chi connectivity index (χ3v) is 8.51. The minimum Gasteiger partial charge on any atom is -0.490 e. The molecule has 1 heterocycles. The molecule has 0 spiro atoms. The van der Waals surface area contributed by atoms with Gasteiger partial charge in [-0.25, -0.2) is 9.59 Å². The van der Waals surface area contributed by atoms with Crippen LogP contribution in [-0.2, 0) is 16.1 Å². The van der Waals surface area contributed by atoms with E-state index >= 15 is 0 Å². The molecule has 2 amide bonds. The molecule has 4 N–H and O–H groups in total. The van der Waals surface area contributed by atoms with Gasteiger partial charge in [0.1, 0.15) is 19.0 Å². The van der Waals surface area contributed by atoms with Gasteiger partial charge in [0.2, 0.25) is 0 Å². The second-order valence-electron chi connectivity index (χ2n) is 10.7. The molecule has 0 radical (unpaired) electrons. The Balaban J connectivity index is 1.18. The highest BCUT2D eigenvalue weighted by molar-refractivity contribution is 9.11. The average Bonchev–Trinajstić information content (AvgIpc) is 3.06. The smallest absolute Gasteiger partial charge is 0.337 e. The highest BCUT2D eigenvalue weighted by atomic mass is 79.9. The summed E-state index contributed by atoms with van der Waals surface area (Å²) in [6.45, 7) is 4.03. The molecule has 0 unspecified atom stereocenters. The fourth-order valence-corrected chi connectivity index (χ4v) is 6.55. The summed E-state index contributed by atoms with van der Waals surface area (Å²) < 4.78 is 24.1. The van der Waals surface area contributed by atoms with Crippen molar-refractivity contribution in [1.29, 1.82) is 0 Å². The SMILES string of the molecule is CCOc1cc([C@@H]2NC(=O)NC(C)=C2C(=O)OC)ccc1OC[C@@H](O)N/N=C\c1cc(Br)c(OCc2ccc3ccccc3c2)c(Br)c1. The summed E-state index contributed by atoms with van der Waals surface area (Å²) in [5.41, 5.74) is 5.71. The maximum atomic E-state index is 12.5. The Morgan fingerprint density at radius 2 is 1.75 bits per heavy atom. The van der Waals surface area contributed by atoms with Crippen molar-refractivity contribution in [3.05, 3.63) is 110 Å². The number of aliphatic hydroxyl groups excluding tert-OH is 1. The third-order valence-electron chi connectivity index (χ3n) is 7.33. The second-order valence-corrected chi connectivity index (χ2v) is 12.4. The number of aliphatic hydroxyl groups is 1. The van der Waals surface area contributed by atoms with Gasteiger partial charge in [0.15, 0.2) is 17.7 Å².